The monoisotopic (exact) mass is 215 g/mol. The van der Waals surface area contributed by atoms with Crippen LogP contribution in [-0.4, -0.2) is 37.2 Å². The Bertz CT molecular complexity index is 277. The Labute approximate surface area is 86.6 Å². The summed E-state index contributed by atoms with van der Waals surface area (Å²) >= 11 is 0. The molecule has 0 atom stereocenters. The van der Waals surface area contributed by atoms with Crippen molar-refractivity contribution in [1.82, 2.24) is 10.6 Å². The molecule has 1 amide bonds. The average Bonchev–Trinajstić information content (AvgIpc) is 2.25. The molecule has 0 fully saturated rings. The zero-order chi connectivity index (χ0) is 11.1. The Morgan fingerprint density at radius 3 is 3.13 bits per heavy atom. The van der Waals surface area contributed by atoms with Crippen LogP contribution in [0.3, 0.4) is 0 Å². The molecule has 0 saturated heterocycles. The summed E-state index contributed by atoms with van der Waals surface area (Å²) in [5, 5.41) is 14.5. The van der Waals surface area contributed by atoms with Crippen LogP contribution in [0.2, 0.25) is 0 Å². The van der Waals surface area contributed by atoms with Crippen LogP contribution in [0.5, 0.6) is 0 Å². The Balaban J connectivity index is 2.18. The summed E-state index contributed by atoms with van der Waals surface area (Å²) in [6.07, 6.45) is 2.50. The van der Waals surface area contributed by atoms with Crippen molar-refractivity contribution >= 4 is 5.91 Å². The van der Waals surface area contributed by atoms with Gasteiger partial charge in [0.15, 0.2) is 0 Å². The lowest BCUT2D eigenvalue weighted by Gasteiger charge is -2.13. The molecule has 1 aliphatic rings. The maximum atomic E-state index is 11.4. The zero-order valence-electron chi connectivity index (χ0n) is 8.19. The highest BCUT2D eigenvalue weighted by atomic mass is 16.9. The van der Waals surface area contributed by atoms with Crippen LogP contribution in [0, 0.1) is 10.1 Å². The van der Waals surface area contributed by atoms with E-state index in [1.54, 1.807) is 0 Å². The van der Waals surface area contributed by atoms with Gasteiger partial charge in [-0.25, -0.2) is 0 Å². The molecule has 0 spiro atoms. The number of carbonyl (C=O) groups excluding carboxylic acids is 1. The summed E-state index contributed by atoms with van der Waals surface area (Å²) in [6, 6.07) is 0. The van der Waals surface area contributed by atoms with E-state index in [9.17, 15) is 14.9 Å². The minimum atomic E-state index is -0.879. The van der Waals surface area contributed by atoms with Crippen molar-refractivity contribution in [1.29, 1.82) is 0 Å². The minimum Gasteiger partial charge on any atom is -0.350 e. The molecular formula is C8H13N3O4. The van der Waals surface area contributed by atoms with Gasteiger partial charge in [-0.1, -0.05) is 6.08 Å². The fraction of sp³-hybridized carbons (Fsp3) is 0.625. The Hall–Kier alpha value is -1.63. The van der Waals surface area contributed by atoms with Crippen molar-refractivity contribution in [3.63, 3.8) is 0 Å². The van der Waals surface area contributed by atoms with E-state index >= 15 is 0 Å². The van der Waals surface area contributed by atoms with E-state index in [2.05, 4.69) is 15.5 Å². The fourth-order valence-corrected chi connectivity index (χ4v) is 1.23. The predicted octanol–water partition coefficient (Wildman–Crippen LogP) is -0.769. The van der Waals surface area contributed by atoms with Gasteiger partial charge in [-0.2, -0.15) is 0 Å². The lowest BCUT2D eigenvalue weighted by molar-refractivity contribution is -0.757. The van der Waals surface area contributed by atoms with Crippen molar-refractivity contribution in [3.05, 3.63) is 21.8 Å². The quantitative estimate of drug-likeness (QED) is 0.357. The smallest absolute Gasteiger partial charge is 0.294 e. The zero-order valence-corrected chi connectivity index (χ0v) is 8.19. The second-order valence-electron chi connectivity index (χ2n) is 3.00. The number of nitrogens with one attached hydrogen (secondary N) is 2. The highest BCUT2D eigenvalue weighted by Gasteiger charge is 2.10. The molecule has 0 bridgehead atoms. The first-order valence-corrected chi connectivity index (χ1v) is 4.65. The highest BCUT2D eigenvalue weighted by Crippen LogP contribution is 2.03. The van der Waals surface area contributed by atoms with Gasteiger partial charge >= 0.3 is 0 Å². The summed E-state index contributed by atoms with van der Waals surface area (Å²) in [6.45, 7) is 1.49. The predicted molar refractivity (Wildman–Crippen MR) is 51.5 cm³/mol. The molecule has 15 heavy (non-hydrogen) atoms. The van der Waals surface area contributed by atoms with Crippen molar-refractivity contribution in [2.45, 2.75) is 6.42 Å². The third kappa shape index (κ3) is 4.41. The van der Waals surface area contributed by atoms with Crippen molar-refractivity contribution in [2.75, 3.05) is 26.2 Å². The second kappa shape index (κ2) is 5.97. The molecule has 7 heteroatoms. The number of rotatable bonds is 5. The first-order chi connectivity index (χ1) is 7.20. The molecule has 1 rings (SSSR count). The first kappa shape index (κ1) is 11.4. The third-order valence-electron chi connectivity index (χ3n) is 1.94. The number of nitrogens with zero attached hydrogens (tertiary/aromatic N) is 1. The van der Waals surface area contributed by atoms with E-state index in [1.165, 1.54) is 0 Å². The summed E-state index contributed by atoms with van der Waals surface area (Å²) in [7, 11) is 0. The van der Waals surface area contributed by atoms with Crippen LogP contribution in [-0.2, 0) is 9.63 Å². The molecule has 0 aromatic rings. The van der Waals surface area contributed by atoms with Crippen LogP contribution in [0.15, 0.2) is 11.6 Å². The van der Waals surface area contributed by atoms with Crippen LogP contribution in [0.1, 0.15) is 6.42 Å². The van der Waals surface area contributed by atoms with Crippen LogP contribution in [0.4, 0.5) is 0 Å². The van der Waals surface area contributed by atoms with Gasteiger partial charge in [0, 0.05) is 18.7 Å². The number of hydrogen-bond donors (Lipinski definition) is 2. The second-order valence-corrected chi connectivity index (χ2v) is 3.00. The Morgan fingerprint density at radius 1 is 1.73 bits per heavy atom. The number of carbonyl (C=O) groups is 1. The molecular weight excluding hydrogens is 202 g/mol. The molecule has 0 saturated carbocycles. The van der Waals surface area contributed by atoms with Crippen LogP contribution >= 0.6 is 0 Å². The summed E-state index contributed by atoms with van der Waals surface area (Å²) in [4.78, 5) is 25.3. The topological polar surface area (TPSA) is 93.5 Å². The maximum Gasteiger partial charge on any atom is 0.294 e. The van der Waals surface area contributed by atoms with Gasteiger partial charge < -0.3 is 15.5 Å². The first-order valence-electron chi connectivity index (χ1n) is 4.65. The molecule has 0 aromatic carbocycles. The van der Waals surface area contributed by atoms with Crippen molar-refractivity contribution < 1.29 is 14.7 Å². The van der Waals surface area contributed by atoms with Crippen molar-refractivity contribution in [3.8, 4) is 0 Å². The molecule has 0 radical (unpaired) electrons. The average molecular weight is 215 g/mol. The lowest BCUT2D eigenvalue weighted by atomic mass is 10.1. The molecule has 0 unspecified atom stereocenters. The van der Waals surface area contributed by atoms with Gasteiger partial charge in [0.1, 0.15) is 6.61 Å². The molecule has 1 heterocycles. The van der Waals surface area contributed by atoms with E-state index in [1.807, 2.05) is 6.08 Å². The van der Waals surface area contributed by atoms with Gasteiger partial charge in [-0.3, -0.25) is 4.79 Å². The van der Waals surface area contributed by atoms with E-state index in [0.717, 1.165) is 12.1 Å². The summed E-state index contributed by atoms with van der Waals surface area (Å²) < 4.78 is 0. The van der Waals surface area contributed by atoms with Gasteiger partial charge in [-0.05, 0) is 13.0 Å². The maximum absolute atomic E-state index is 11.4. The van der Waals surface area contributed by atoms with Gasteiger partial charge in [0.2, 0.25) is 5.91 Å². The molecule has 84 valence electrons. The standard InChI is InChI=1S/C8H13N3O4/c12-8(7-1-3-9-4-2-7)10-5-6-15-11(13)14/h1,9H,2-6H2,(H,10,12). The molecule has 1 aliphatic heterocycles. The normalized spacial score (nSPS) is 15.3. The molecule has 0 aliphatic carbocycles. The van der Waals surface area contributed by atoms with Crippen molar-refractivity contribution in [2.24, 2.45) is 0 Å². The largest absolute Gasteiger partial charge is 0.350 e. The van der Waals surface area contributed by atoms with Crippen LogP contribution < -0.4 is 10.6 Å². The lowest BCUT2D eigenvalue weighted by Crippen LogP contribution is -2.32. The SMILES string of the molecule is O=C(NCCO[N+](=O)[O-])C1=CCNCC1. The van der Waals surface area contributed by atoms with Crippen LogP contribution in [0.25, 0.3) is 0 Å². The highest BCUT2D eigenvalue weighted by molar-refractivity contribution is 5.93. The van der Waals surface area contributed by atoms with Gasteiger partial charge in [0.05, 0.1) is 0 Å². The van der Waals surface area contributed by atoms with E-state index in [4.69, 9.17) is 0 Å². The number of amides is 1. The fourth-order valence-electron chi connectivity index (χ4n) is 1.23. The number of hydrogen-bond acceptors (Lipinski definition) is 5. The third-order valence-corrected chi connectivity index (χ3v) is 1.94. The summed E-state index contributed by atoms with van der Waals surface area (Å²) in [5.41, 5.74) is 0.717. The Kier molecular flexibility index (Phi) is 4.55. The van der Waals surface area contributed by atoms with E-state index in [-0.39, 0.29) is 19.1 Å². The molecule has 2 N–H and O–H groups in total. The van der Waals surface area contributed by atoms with Gasteiger partial charge in [0.25, 0.3) is 5.09 Å². The summed E-state index contributed by atoms with van der Waals surface area (Å²) in [5.74, 6) is -0.177. The minimum absolute atomic E-state index is 0.121. The van der Waals surface area contributed by atoms with E-state index in [0.29, 0.717) is 13.0 Å². The molecule has 0 aromatic heterocycles. The van der Waals surface area contributed by atoms with E-state index < -0.39 is 5.09 Å². The molecule has 7 nitrogen and oxygen atoms in total. The Morgan fingerprint density at radius 2 is 2.53 bits per heavy atom. The van der Waals surface area contributed by atoms with Gasteiger partial charge in [-0.15, -0.1) is 10.1 Å².